The molecule has 0 bridgehead atoms. The van der Waals surface area contributed by atoms with Crippen molar-refractivity contribution < 1.29 is 4.79 Å². The van der Waals surface area contributed by atoms with E-state index < -0.39 is 0 Å². The fourth-order valence-electron chi connectivity index (χ4n) is 2.51. The minimum Gasteiger partial charge on any atom is -0.351 e. The maximum absolute atomic E-state index is 12.4. The van der Waals surface area contributed by atoms with Gasteiger partial charge in [0.25, 0.3) is 0 Å². The summed E-state index contributed by atoms with van der Waals surface area (Å²) in [6.45, 7) is 4.48. The smallest absolute Gasteiger partial charge is 0.233 e. The van der Waals surface area contributed by atoms with Gasteiger partial charge in [0.2, 0.25) is 5.91 Å². The Labute approximate surface area is 152 Å². The largest absolute Gasteiger partial charge is 0.351 e. The summed E-state index contributed by atoms with van der Waals surface area (Å²) in [5.41, 5.74) is 3.30. The SMILES string of the molecule is Cc1ccc(S[C@@H](C)C(=O)NCc2ccccc2-n2ccnc2)cc1. The highest BCUT2D eigenvalue weighted by Crippen LogP contribution is 2.23. The number of nitrogens with zero attached hydrogens (tertiary/aromatic N) is 2. The lowest BCUT2D eigenvalue weighted by Crippen LogP contribution is -2.30. The van der Waals surface area contributed by atoms with Gasteiger partial charge in [0.15, 0.2) is 0 Å². The molecule has 0 saturated heterocycles. The summed E-state index contributed by atoms with van der Waals surface area (Å²) in [6, 6.07) is 16.2. The molecule has 1 heterocycles. The van der Waals surface area contributed by atoms with Crippen molar-refractivity contribution in [2.24, 2.45) is 0 Å². The summed E-state index contributed by atoms with van der Waals surface area (Å²) in [7, 11) is 0. The van der Waals surface area contributed by atoms with Crippen molar-refractivity contribution in [2.75, 3.05) is 0 Å². The molecular weight excluding hydrogens is 330 g/mol. The van der Waals surface area contributed by atoms with Crippen LogP contribution < -0.4 is 5.32 Å². The van der Waals surface area contributed by atoms with Gasteiger partial charge in [-0.3, -0.25) is 4.79 Å². The molecule has 25 heavy (non-hydrogen) atoms. The number of carbonyl (C=O) groups is 1. The Balaban J connectivity index is 1.62. The van der Waals surface area contributed by atoms with Gasteiger partial charge in [-0.2, -0.15) is 0 Å². The predicted octanol–water partition coefficient (Wildman–Crippen LogP) is 3.98. The van der Waals surface area contributed by atoms with Gasteiger partial charge in [0.1, 0.15) is 0 Å². The Morgan fingerprint density at radius 1 is 1.20 bits per heavy atom. The third-order valence-corrected chi connectivity index (χ3v) is 5.04. The Hall–Kier alpha value is -2.53. The molecule has 1 aromatic heterocycles. The predicted molar refractivity (Wildman–Crippen MR) is 102 cm³/mol. The lowest BCUT2D eigenvalue weighted by molar-refractivity contribution is -0.120. The van der Waals surface area contributed by atoms with Crippen molar-refractivity contribution in [2.45, 2.75) is 30.5 Å². The lowest BCUT2D eigenvalue weighted by Gasteiger charge is -2.14. The summed E-state index contributed by atoms with van der Waals surface area (Å²) in [5.74, 6) is 0.0333. The maximum atomic E-state index is 12.4. The van der Waals surface area contributed by atoms with Gasteiger partial charge in [0, 0.05) is 23.8 Å². The van der Waals surface area contributed by atoms with E-state index in [0.717, 1.165) is 16.1 Å². The fraction of sp³-hybridized carbons (Fsp3) is 0.200. The van der Waals surface area contributed by atoms with Crippen LogP contribution in [0.25, 0.3) is 5.69 Å². The van der Waals surface area contributed by atoms with E-state index in [1.165, 1.54) is 5.56 Å². The monoisotopic (exact) mass is 351 g/mol. The second-order valence-electron chi connectivity index (χ2n) is 5.89. The van der Waals surface area contributed by atoms with Gasteiger partial charge in [-0.05, 0) is 37.6 Å². The molecule has 0 radical (unpaired) electrons. The minimum atomic E-state index is -0.150. The number of aryl methyl sites for hydroxylation is 1. The third kappa shape index (κ3) is 4.51. The average Bonchev–Trinajstić information content (AvgIpc) is 3.16. The molecule has 3 aromatic rings. The van der Waals surface area contributed by atoms with E-state index in [9.17, 15) is 4.79 Å². The number of carbonyl (C=O) groups excluding carboxylic acids is 1. The molecule has 0 fully saturated rings. The number of hydrogen-bond donors (Lipinski definition) is 1. The van der Waals surface area contributed by atoms with Crippen LogP contribution in [0.15, 0.2) is 72.1 Å². The quantitative estimate of drug-likeness (QED) is 0.684. The molecule has 4 nitrogen and oxygen atoms in total. The van der Waals surface area contributed by atoms with Crippen molar-refractivity contribution in [1.29, 1.82) is 0 Å². The van der Waals surface area contributed by atoms with Gasteiger partial charge >= 0.3 is 0 Å². The first-order valence-corrected chi connectivity index (χ1v) is 9.09. The van der Waals surface area contributed by atoms with Crippen LogP contribution in [0.1, 0.15) is 18.1 Å². The van der Waals surface area contributed by atoms with Crippen molar-refractivity contribution in [3.8, 4) is 5.69 Å². The molecule has 5 heteroatoms. The first-order chi connectivity index (χ1) is 12.1. The van der Waals surface area contributed by atoms with Gasteiger partial charge in [-0.1, -0.05) is 35.9 Å². The highest BCUT2D eigenvalue weighted by atomic mass is 32.2. The number of thioether (sulfide) groups is 1. The van der Waals surface area contributed by atoms with Crippen LogP contribution in [0.5, 0.6) is 0 Å². The van der Waals surface area contributed by atoms with Crippen molar-refractivity contribution in [1.82, 2.24) is 14.9 Å². The molecule has 128 valence electrons. The lowest BCUT2D eigenvalue weighted by atomic mass is 10.1. The minimum absolute atomic E-state index is 0.0333. The van der Waals surface area contributed by atoms with Gasteiger partial charge in [0.05, 0.1) is 17.3 Å². The zero-order valence-electron chi connectivity index (χ0n) is 14.3. The Kier molecular flexibility index (Phi) is 5.56. The molecule has 0 spiro atoms. The standard InChI is InChI=1S/C20H21N3OS/c1-15-7-9-18(10-8-15)25-16(2)20(24)22-13-17-5-3-4-6-19(17)23-12-11-21-14-23/h3-12,14,16H,13H2,1-2H3,(H,22,24)/t16-/m0/s1. The Morgan fingerprint density at radius 2 is 1.96 bits per heavy atom. The zero-order valence-corrected chi connectivity index (χ0v) is 15.2. The molecule has 1 amide bonds. The van der Waals surface area contributed by atoms with E-state index in [1.54, 1.807) is 24.3 Å². The van der Waals surface area contributed by atoms with Crippen LogP contribution in [-0.2, 0) is 11.3 Å². The van der Waals surface area contributed by atoms with Crippen molar-refractivity contribution >= 4 is 17.7 Å². The summed E-state index contributed by atoms with van der Waals surface area (Å²) in [5, 5.41) is 2.89. The molecule has 0 unspecified atom stereocenters. The zero-order chi connectivity index (χ0) is 17.6. The van der Waals surface area contributed by atoms with E-state index in [0.29, 0.717) is 6.54 Å². The van der Waals surface area contributed by atoms with Gasteiger partial charge in [-0.15, -0.1) is 11.8 Å². The molecule has 1 atom stereocenters. The number of para-hydroxylation sites is 1. The first kappa shape index (κ1) is 17.3. The first-order valence-electron chi connectivity index (χ1n) is 8.21. The van der Waals surface area contributed by atoms with Crippen LogP contribution >= 0.6 is 11.8 Å². The molecule has 0 aliphatic rings. The van der Waals surface area contributed by atoms with E-state index in [1.807, 2.05) is 42.0 Å². The summed E-state index contributed by atoms with van der Waals surface area (Å²) < 4.78 is 1.95. The number of rotatable bonds is 6. The normalized spacial score (nSPS) is 11.9. The van der Waals surface area contributed by atoms with E-state index in [4.69, 9.17) is 0 Å². The third-order valence-electron chi connectivity index (χ3n) is 3.93. The topological polar surface area (TPSA) is 46.9 Å². The Bertz CT molecular complexity index is 828. The Morgan fingerprint density at radius 3 is 2.68 bits per heavy atom. The van der Waals surface area contributed by atoms with Crippen LogP contribution in [0.4, 0.5) is 0 Å². The number of imidazole rings is 1. The number of aromatic nitrogens is 2. The molecule has 0 aliphatic carbocycles. The van der Waals surface area contributed by atoms with Crippen LogP contribution in [0.2, 0.25) is 0 Å². The van der Waals surface area contributed by atoms with Gasteiger partial charge in [-0.25, -0.2) is 4.98 Å². The second-order valence-corrected chi connectivity index (χ2v) is 7.30. The summed E-state index contributed by atoms with van der Waals surface area (Å²) in [6.07, 6.45) is 5.41. The number of nitrogens with one attached hydrogen (secondary N) is 1. The van der Waals surface area contributed by atoms with E-state index >= 15 is 0 Å². The number of benzene rings is 2. The van der Waals surface area contributed by atoms with Crippen LogP contribution in [-0.4, -0.2) is 20.7 Å². The van der Waals surface area contributed by atoms with Gasteiger partial charge < -0.3 is 9.88 Å². The molecule has 3 rings (SSSR count). The molecule has 1 N–H and O–H groups in total. The van der Waals surface area contributed by atoms with Crippen molar-refractivity contribution in [3.05, 3.63) is 78.4 Å². The highest BCUT2D eigenvalue weighted by Gasteiger charge is 2.14. The molecule has 0 saturated carbocycles. The number of hydrogen-bond acceptors (Lipinski definition) is 3. The summed E-state index contributed by atoms with van der Waals surface area (Å²) >= 11 is 1.57. The fourth-order valence-corrected chi connectivity index (χ4v) is 3.41. The second kappa shape index (κ2) is 8.03. The molecule has 2 aromatic carbocycles. The van der Waals surface area contributed by atoms with E-state index in [-0.39, 0.29) is 11.2 Å². The van der Waals surface area contributed by atoms with Crippen LogP contribution in [0, 0.1) is 6.92 Å². The van der Waals surface area contributed by atoms with Crippen molar-refractivity contribution in [3.63, 3.8) is 0 Å². The average molecular weight is 351 g/mol. The molecular formula is C20H21N3OS. The highest BCUT2D eigenvalue weighted by molar-refractivity contribution is 8.00. The summed E-state index contributed by atoms with van der Waals surface area (Å²) in [4.78, 5) is 17.6. The number of amides is 1. The molecule has 0 aliphatic heterocycles. The van der Waals surface area contributed by atoms with E-state index in [2.05, 4.69) is 41.5 Å². The maximum Gasteiger partial charge on any atom is 0.233 e. The van der Waals surface area contributed by atoms with Crippen LogP contribution in [0.3, 0.4) is 0 Å².